The number of piperidine rings is 1. The highest BCUT2D eigenvalue weighted by atomic mass is 16.2. The number of hydrogen-bond donors (Lipinski definition) is 0. The first kappa shape index (κ1) is 16.4. The van der Waals surface area contributed by atoms with Gasteiger partial charge in [-0.25, -0.2) is 4.68 Å². The molecule has 0 radical (unpaired) electrons. The van der Waals surface area contributed by atoms with E-state index in [-0.39, 0.29) is 11.5 Å². The second-order valence-corrected chi connectivity index (χ2v) is 6.58. The van der Waals surface area contributed by atoms with Crippen LogP contribution in [0.2, 0.25) is 0 Å². The van der Waals surface area contributed by atoms with E-state index in [0.29, 0.717) is 11.6 Å². The van der Waals surface area contributed by atoms with Crippen LogP contribution in [-0.2, 0) is 4.79 Å². The minimum Gasteiger partial charge on any atom is -0.341 e. The van der Waals surface area contributed by atoms with Crippen molar-refractivity contribution in [1.29, 1.82) is 0 Å². The van der Waals surface area contributed by atoms with Gasteiger partial charge < -0.3 is 4.90 Å². The van der Waals surface area contributed by atoms with Crippen molar-refractivity contribution in [3.05, 3.63) is 52.8 Å². The number of nitrogens with zero attached hydrogens (tertiary/aromatic N) is 3. The smallest absolute Gasteiger partial charge is 0.267 e. The number of benzene rings is 1. The summed E-state index contributed by atoms with van der Waals surface area (Å²) >= 11 is 0. The number of likely N-dealkylation sites (tertiary alicyclic amines) is 1. The van der Waals surface area contributed by atoms with Gasteiger partial charge in [-0.05, 0) is 31.7 Å². The van der Waals surface area contributed by atoms with Crippen molar-refractivity contribution < 1.29 is 4.79 Å². The SMILES string of the molecule is CC1CCCN(C(=O)C(C)n2nc(-c3ccccc3)ccc2=O)C1. The molecule has 1 amide bonds. The van der Waals surface area contributed by atoms with E-state index in [0.717, 1.165) is 31.5 Å². The molecule has 0 aliphatic carbocycles. The van der Waals surface area contributed by atoms with Crippen molar-refractivity contribution in [3.63, 3.8) is 0 Å². The van der Waals surface area contributed by atoms with Crippen LogP contribution < -0.4 is 5.56 Å². The molecule has 126 valence electrons. The van der Waals surface area contributed by atoms with Crippen LogP contribution in [0, 0.1) is 5.92 Å². The number of hydrogen-bond acceptors (Lipinski definition) is 3. The zero-order chi connectivity index (χ0) is 17.1. The van der Waals surface area contributed by atoms with Crippen molar-refractivity contribution in [2.75, 3.05) is 13.1 Å². The first-order valence-electron chi connectivity index (χ1n) is 8.50. The summed E-state index contributed by atoms with van der Waals surface area (Å²) in [6.07, 6.45) is 2.17. The maximum atomic E-state index is 12.8. The standard InChI is InChI=1S/C19H23N3O2/c1-14-7-6-12-21(13-14)19(24)15(2)22-18(23)11-10-17(20-22)16-8-4-3-5-9-16/h3-5,8-11,14-15H,6-7,12-13H2,1-2H3. The monoisotopic (exact) mass is 325 g/mol. The van der Waals surface area contributed by atoms with Crippen molar-refractivity contribution in [3.8, 4) is 11.3 Å². The lowest BCUT2D eigenvalue weighted by Gasteiger charge is -2.32. The van der Waals surface area contributed by atoms with Gasteiger partial charge in [-0.1, -0.05) is 37.3 Å². The van der Waals surface area contributed by atoms with Crippen molar-refractivity contribution >= 4 is 5.91 Å². The third kappa shape index (κ3) is 3.40. The molecule has 3 rings (SSSR count). The van der Waals surface area contributed by atoms with E-state index >= 15 is 0 Å². The molecule has 5 heteroatoms. The highest BCUT2D eigenvalue weighted by Gasteiger charge is 2.27. The molecule has 1 aromatic carbocycles. The Bertz CT molecular complexity index is 770. The van der Waals surface area contributed by atoms with Crippen LogP contribution in [0.1, 0.15) is 32.7 Å². The molecule has 1 aromatic heterocycles. The van der Waals surface area contributed by atoms with E-state index in [4.69, 9.17) is 0 Å². The quantitative estimate of drug-likeness (QED) is 0.872. The van der Waals surface area contributed by atoms with Gasteiger partial charge in [0.1, 0.15) is 6.04 Å². The fourth-order valence-electron chi connectivity index (χ4n) is 3.22. The number of carbonyl (C=O) groups is 1. The lowest BCUT2D eigenvalue weighted by molar-refractivity contribution is -0.136. The topological polar surface area (TPSA) is 55.2 Å². The highest BCUT2D eigenvalue weighted by molar-refractivity contribution is 5.80. The van der Waals surface area contributed by atoms with E-state index in [1.807, 2.05) is 35.2 Å². The zero-order valence-electron chi connectivity index (χ0n) is 14.2. The Morgan fingerprint density at radius 3 is 2.67 bits per heavy atom. The molecule has 2 unspecified atom stereocenters. The fourth-order valence-corrected chi connectivity index (χ4v) is 3.22. The summed E-state index contributed by atoms with van der Waals surface area (Å²) in [6.45, 7) is 5.44. The molecule has 1 aliphatic heterocycles. The molecule has 24 heavy (non-hydrogen) atoms. The highest BCUT2D eigenvalue weighted by Crippen LogP contribution is 2.19. The Kier molecular flexibility index (Phi) is 4.79. The van der Waals surface area contributed by atoms with Gasteiger partial charge in [0.05, 0.1) is 5.69 Å². The van der Waals surface area contributed by atoms with Gasteiger partial charge in [0.25, 0.3) is 5.56 Å². The lowest BCUT2D eigenvalue weighted by Crippen LogP contribution is -2.44. The number of amides is 1. The Hall–Kier alpha value is -2.43. The van der Waals surface area contributed by atoms with Gasteiger partial charge in [-0.3, -0.25) is 9.59 Å². The molecule has 0 N–H and O–H groups in total. The van der Waals surface area contributed by atoms with Gasteiger partial charge in [0, 0.05) is 24.7 Å². The molecule has 5 nitrogen and oxygen atoms in total. The average molecular weight is 325 g/mol. The summed E-state index contributed by atoms with van der Waals surface area (Å²) < 4.78 is 1.31. The first-order valence-corrected chi connectivity index (χ1v) is 8.50. The molecule has 2 atom stereocenters. The van der Waals surface area contributed by atoms with Crippen molar-refractivity contribution in [2.24, 2.45) is 5.92 Å². The van der Waals surface area contributed by atoms with E-state index < -0.39 is 6.04 Å². The average Bonchev–Trinajstić information content (AvgIpc) is 2.61. The van der Waals surface area contributed by atoms with Crippen LogP contribution >= 0.6 is 0 Å². The maximum Gasteiger partial charge on any atom is 0.267 e. The summed E-state index contributed by atoms with van der Waals surface area (Å²) in [7, 11) is 0. The van der Waals surface area contributed by atoms with E-state index in [9.17, 15) is 9.59 Å². The van der Waals surface area contributed by atoms with E-state index in [1.54, 1.807) is 13.0 Å². The van der Waals surface area contributed by atoms with Crippen LogP contribution in [0.5, 0.6) is 0 Å². The van der Waals surface area contributed by atoms with E-state index in [1.165, 1.54) is 10.7 Å². The number of aromatic nitrogens is 2. The van der Waals surface area contributed by atoms with Crippen LogP contribution in [0.4, 0.5) is 0 Å². The molecular weight excluding hydrogens is 302 g/mol. The predicted octanol–water partition coefficient (Wildman–Crippen LogP) is 2.73. The summed E-state index contributed by atoms with van der Waals surface area (Å²) in [4.78, 5) is 26.9. The molecule has 1 saturated heterocycles. The number of carbonyl (C=O) groups excluding carboxylic acids is 1. The van der Waals surface area contributed by atoms with Crippen LogP contribution in [0.3, 0.4) is 0 Å². The summed E-state index contributed by atoms with van der Waals surface area (Å²) in [5.41, 5.74) is 1.37. The minimum absolute atomic E-state index is 0.0265. The van der Waals surface area contributed by atoms with E-state index in [2.05, 4.69) is 12.0 Å². The van der Waals surface area contributed by atoms with Gasteiger partial charge >= 0.3 is 0 Å². The molecule has 2 aromatic rings. The van der Waals surface area contributed by atoms with Crippen LogP contribution in [0.15, 0.2) is 47.3 Å². The Balaban J connectivity index is 1.88. The third-order valence-electron chi connectivity index (χ3n) is 4.59. The Labute approximate surface area is 141 Å². The zero-order valence-corrected chi connectivity index (χ0v) is 14.2. The number of rotatable bonds is 3. The molecular formula is C19H23N3O2. The molecule has 2 heterocycles. The second kappa shape index (κ2) is 6.99. The molecule has 0 saturated carbocycles. The van der Waals surface area contributed by atoms with Gasteiger partial charge in [0.2, 0.25) is 5.91 Å². The third-order valence-corrected chi connectivity index (χ3v) is 4.59. The largest absolute Gasteiger partial charge is 0.341 e. The molecule has 1 aliphatic rings. The predicted molar refractivity (Wildman–Crippen MR) is 93.6 cm³/mol. The summed E-state index contributed by atoms with van der Waals surface area (Å²) in [6, 6.07) is 12.3. The van der Waals surface area contributed by atoms with Gasteiger partial charge in [-0.2, -0.15) is 5.10 Å². The van der Waals surface area contributed by atoms with Crippen LogP contribution in [-0.4, -0.2) is 33.7 Å². The first-order chi connectivity index (χ1) is 11.6. The van der Waals surface area contributed by atoms with Gasteiger partial charge in [0.15, 0.2) is 0 Å². The van der Waals surface area contributed by atoms with Crippen molar-refractivity contribution in [2.45, 2.75) is 32.7 Å². The maximum absolute atomic E-state index is 12.8. The summed E-state index contributed by atoms with van der Waals surface area (Å²) in [5.74, 6) is 0.483. The Morgan fingerprint density at radius 2 is 1.96 bits per heavy atom. The van der Waals surface area contributed by atoms with Gasteiger partial charge in [-0.15, -0.1) is 0 Å². The van der Waals surface area contributed by atoms with Crippen molar-refractivity contribution in [1.82, 2.24) is 14.7 Å². The lowest BCUT2D eigenvalue weighted by atomic mass is 10.00. The Morgan fingerprint density at radius 1 is 1.21 bits per heavy atom. The minimum atomic E-state index is -0.591. The molecule has 1 fully saturated rings. The second-order valence-electron chi connectivity index (χ2n) is 6.58. The fraction of sp³-hybridized carbons (Fsp3) is 0.421. The molecule has 0 spiro atoms. The summed E-state index contributed by atoms with van der Waals surface area (Å²) in [5, 5.41) is 4.43. The molecule has 0 bridgehead atoms. The van der Waals surface area contributed by atoms with Crippen LogP contribution in [0.25, 0.3) is 11.3 Å². The normalized spacial score (nSPS) is 19.1.